The van der Waals surface area contributed by atoms with Crippen molar-refractivity contribution in [1.29, 1.82) is 0 Å². The van der Waals surface area contributed by atoms with Crippen LogP contribution in [0.25, 0.3) is 11.4 Å². The Morgan fingerprint density at radius 1 is 1.19 bits per heavy atom. The molecule has 7 heteroatoms. The van der Waals surface area contributed by atoms with Gasteiger partial charge in [-0.2, -0.15) is 4.98 Å². The second kappa shape index (κ2) is 7.40. The lowest BCUT2D eigenvalue weighted by Crippen LogP contribution is -2.39. The largest absolute Gasteiger partial charge is 0.482 e. The van der Waals surface area contributed by atoms with Crippen LogP contribution < -0.4 is 9.64 Å². The number of nitrogens with zero attached hydrogens (tertiary/aromatic N) is 3. The van der Waals surface area contributed by atoms with Crippen molar-refractivity contribution < 1.29 is 14.1 Å². The van der Waals surface area contributed by atoms with Gasteiger partial charge < -0.3 is 14.2 Å². The van der Waals surface area contributed by atoms with E-state index in [1.807, 2.05) is 49.4 Å². The van der Waals surface area contributed by atoms with Gasteiger partial charge in [-0.05, 0) is 42.3 Å². The maximum atomic E-state index is 12.2. The number of carbonyl (C=O) groups excluding carboxylic acids is 1. The SMILES string of the molecule is CCCN1C(=O)COc2ccc(-c3noc(Cc4ccc(Cl)cc4)n3)cc21. The molecule has 6 nitrogen and oxygen atoms in total. The maximum Gasteiger partial charge on any atom is 0.265 e. The number of aromatic nitrogens is 2. The molecule has 1 aliphatic heterocycles. The van der Waals surface area contributed by atoms with Crippen molar-refractivity contribution in [2.24, 2.45) is 0 Å². The average molecular weight is 384 g/mol. The Balaban J connectivity index is 1.60. The fourth-order valence-corrected chi connectivity index (χ4v) is 3.16. The molecule has 1 aliphatic rings. The molecule has 0 saturated carbocycles. The van der Waals surface area contributed by atoms with Crippen LogP contribution in [-0.4, -0.2) is 29.2 Å². The van der Waals surface area contributed by atoms with Crippen LogP contribution in [0, 0.1) is 0 Å². The zero-order chi connectivity index (χ0) is 18.8. The number of rotatable bonds is 5. The van der Waals surface area contributed by atoms with E-state index in [4.69, 9.17) is 20.9 Å². The molecule has 3 aromatic rings. The lowest BCUT2D eigenvalue weighted by Gasteiger charge is -2.29. The number of hydrogen-bond acceptors (Lipinski definition) is 5. The van der Waals surface area contributed by atoms with Crippen molar-refractivity contribution in [3.8, 4) is 17.1 Å². The average Bonchev–Trinajstić information content (AvgIpc) is 3.14. The minimum atomic E-state index is -0.0435. The van der Waals surface area contributed by atoms with E-state index in [2.05, 4.69) is 10.1 Å². The number of halogens is 1. The van der Waals surface area contributed by atoms with Gasteiger partial charge >= 0.3 is 0 Å². The van der Waals surface area contributed by atoms with Gasteiger partial charge in [-0.15, -0.1) is 0 Å². The van der Waals surface area contributed by atoms with Crippen LogP contribution in [0.5, 0.6) is 5.75 Å². The van der Waals surface area contributed by atoms with E-state index in [-0.39, 0.29) is 12.5 Å². The van der Waals surface area contributed by atoms with Crippen molar-refractivity contribution >= 4 is 23.2 Å². The lowest BCUT2D eigenvalue weighted by atomic mass is 10.1. The number of amides is 1. The van der Waals surface area contributed by atoms with Crippen molar-refractivity contribution in [2.45, 2.75) is 19.8 Å². The molecule has 0 N–H and O–H groups in total. The summed E-state index contributed by atoms with van der Waals surface area (Å²) in [6.45, 7) is 2.75. The molecule has 0 saturated heterocycles. The fourth-order valence-electron chi connectivity index (χ4n) is 3.03. The second-order valence-corrected chi connectivity index (χ2v) is 6.77. The zero-order valence-corrected chi connectivity index (χ0v) is 15.6. The molecule has 0 bridgehead atoms. The topological polar surface area (TPSA) is 68.5 Å². The number of ether oxygens (including phenoxy) is 1. The fraction of sp³-hybridized carbons (Fsp3) is 0.250. The molecule has 0 aliphatic carbocycles. The van der Waals surface area contributed by atoms with Gasteiger partial charge in [0.15, 0.2) is 6.61 Å². The minimum Gasteiger partial charge on any atom is -0.482 e. The van der Waals surface area contributed by atoms with Crippen LogP contribution in [-0.2, 0) is 11.2 Å². The molecule has 2 heterocycles. The summed E-state index contributed by atoms with van der Waals surface area (Å²) < 4.78 is 10.9. The van der Waals surface area contributed by atoms with Gasteiger partial charge in [0.1, 0.15) is 5.75 Å². The first kappa shape index (κ1) is 17.5. The summed E-state index contributed by atoms with van der Waals surface area (Å²) in [5, 5.41) is 4.77. The van der Waals surface area contributed by atoms with Gasteiger partial charge in [0.25, 0.3) is 5.91 Å². The van der Waals surface area contributed by atoms with Gasteiger partial charge in [0.2, 0.25) is 11.7 Å². The van der Waals surface area contributed by atoms with E-state index in [9.17, 15) is 4.79 Å². The van der Waals surface area contributed by atoms with Crippen molar-refractivity contribution in [1.82, 2.24) is 10.1 Å². The van der Waals surface area contributed by atoms with Gasteiger partial charge in [0, 0.05) is 17.1 Å². The van der Waals surface area contributed by atoms with Gasteiger partial charge in [-0.1, -0.05) is 35.8 Å². The van der Waals surface area contributed by atoms with E-state index in [1.165, 1.54) is 0 Å². The summed E-state index contributed by atoms with van der Waals surface area (Å²) in [6.07, 6.45) is 1.39. The molecule has 0 fully saturated rings. The van der Waals surface area contributed by atoms with Crippen LogP contribution in [0.15, 0.2) is 47.0 Å². The van der Waals surface area contributed by atoms with E-state index < -0.39 is 0 Å². The Kier molecular flexibility index (Phi) is 4.81. The summed E-state index contributed by atoms with van der Waals surface area (Å²) >= 11 is 5.91. The Morgan fingerprint density at radius 3 is 2.78 bits per heavy atom. The highest BCUT2D eigenvalue weighted by atomic mass is 35.5. The first-order valence-corrected chi connectivity index (χ1v) is 9.16. The molecule has 0 unspecified atom stereocenters. The van der Waals surface area contributed by atoms with Gasteiger partial charge in [-0.3, -0.25) is 4.79 Å². The molecule has 2 aromatic carbocycles. The number of benzene rings is 2. The molecular weight excluding hydrogens is 366 g/mol. The van der Waals surface area contributed by atoms with E-state index in [0.29, 0.717) is 35.5 Å². The van der Waals surface area contributed by atoms with Crippen molar-refractivity contribution in [2.75, 3.05) is 18.1 Å². The maximum absolute atomic E-state index is 12.2. The second-order valence-electron chi connectivity index (χ2n) is 6.33. The molecule has 1 aromatic heterocycles. The van der Waals surface area contributed by atoms with Crippen molar-refractivity contribution in [3.63, 3.8) is 0 Å². The molecule has 0 radical (unpaired) electrons. The predicted molar refractivity (Wildman–Crippen MR) is 102 cm³/mol. The van der Waals surface area contributed by atoms with Gasteiger partial charge in [-0.25, -0.2) is 0 Å². The number of hydrogen-bond donors (Lipinski definition) is 0. The summed E-state index contributed by atoms with van der Waals surface area (Å²) in [7, 11) is 0. The van der Waals surface area contributed by atoms with E-state index in [1.54, 1.807) is 4.90 Å². The van der Waals surface area contributed by atoms with E-state index in [0.717, 1.165) is 23.2 Å². The first-order valence-electron chi connectivity index (χ1n) is 8.78. The Morgan fingerprint density at radius 2 is 2.00 bits per heavy atom. The molecule has 1 amide bonds. The molecule has 4 rings (SSSR count). The molecule has 0 spiro atoms. The Hall–Kier alpha value is -2.86. The highest BCUT2D eigenvalue weighted by Gasteiger charge is 2.25. The molecule has 27 heavy (non-hydrogen) atoms. The first-order chi connectivity index (χ1) is 13.1. The summed E-state index contributed by atoms with van der Waals surface area (Å²) in [6, 6.07) is 13.1. The summed E-state index contributed by atoms with van der Waals surface area (Å²) in [5.41, 5.74) is 2.56. The van der Waals surface area contributed by atoms with Crippen LogP contribution in [0.4, 0.5) is 5.69 Å². The molecule has 0 atom stereocenters. The molecule has 138 valence electrons. The highest BCUT2D eigenvalue weighted by molar-refractivity contribution is 6.30. The lowest BCUT2D eigenvalue weighted by molar-refractivity contribution is -0.121. The number of carbonyl (C=O) groups is 1. The number of anilines is 1. The summed E-state index contributed by atoms with van der Waals surface area (Å²) in [4.78, 5) is 18.4. The van der Waals surface area contributed by atoms with E-state index >= 15 is 0 Å². The van der Waals surface area contributed by atoms with Crippen LogP contribution in [0.1, 0.15) is 24.8 Å². The smallest absolute Gasteiger partial charge is 0.265 e. The minimum absolute atomic E-state index is 0.0435. The monoisotopic (exact) mass is 383 g/mol. The number of fused-ring (bicyclic) bond motifs is 1. The third kappa shape index (κ3) is 3.66. The predicted octanol–water partition coefficient (Wildman–Crippen LogP) is 4.12. The third-order valence-corrected chi connectivity index (χ3v) is 4.60. The Bertz CT molecular complexity index is 969. The van der Waals surface area contributed by atoms with Crippen LogP contribution in [0.3, 0.4) is 0 Å². The third-order valence-electron chi connectivity index (χ3n) is 4.34. The zero-order valence-electron chi connectivity index (χ0n) is 14.8. The molecular formula is C20H18ClN3O3. The highest BCUT2D eigenvalue weighted by Crippen LogP contribution is 2.35. The van der Waals surface area contributed by atoms with Gasteiger partial charge in [0.05, 0.1) is 12.1 Å². The normalized spacial score (nSPS) is 13.4. The Labute approximate surface area is 161 Å². The quantitative estimate of drug-likeness (QED) is 0.663. The van der Waals surface area contributed by atoms with Crippen LogP contribution in [0.2, 0.25) is 5.02 Å². The van der Waals surface area contributed by atoms with Crippen molar-refractivity contribution in [3.05, 3.63) is 58.9 Å². The summed E-state index contributed by atoms with van der Waals surface area (Å²) in [5.74, 6) is 1.65. The standard InChI is InChI=1S/C20H18ClN3O3/c1-2-9-24-16-11-14(5-8-17(16)26-12-19(24)25)20-22-18(27-23-20)10-13-3-6-15(21)7-4-13/h3-8,11H,2,9-10,12H2,1H3. The van der Waals surface area contributed by atoms with Crippen LogP contribution >= 0.6 is 11.6 Å².